The van der Waals surface area contributed by atoms with E-state index >= 15 is 0 Å². The van der Waals surface area contributed by atoms with E-state index in [2.05, 4.69) is 10.6 Å². The Morgan fingerprint density at radius 1 is 1.14 bits per heavy atom. The fourth-order valence-electron chi connectivity index (χ4n) is 2.79. The molecule has 0 saturated carbocycles. The summed E-state index contributed by atoms with van der Waals surface area (Å²) in [5, 5.41) is 5.54. The molecule has 1 unspecified atom stereocenters. The molecule has 0 bridgehead atoms. The largest absolute Gasteiger partial charge is 0.494 e. The molecule has 0 radical (unpaired) electrons. The van der Waals surface area contributed by atoms with Gasteiger partial charge in [0, 0.05) is 5.69 Å². The van der Waals surface area contributed by atoms with Gasteiger partial charge < -0.3 is 20.1 Å². The zero-order valence-corrected chi connectivity index (χ0v) is 15.4. The predicted molar refractivity (Wildman–Crippen MR) is 102 cm³/mol. The van der Waals surface area contributed by atoms with Crippen LogP contribution in [0.15, 0.2) is 54.6 Å². The van der Waals surface area contributed by atoms with Gasteiger partial charge in [-0.2, -0.15) is 0 Å². The topological polar surface area (TPSA) is 97.0 Å². The van der Waals surface area contributed by atoms with Crippen molar-refractivity contribution in [3.63, 3.8) is 0 Å². The van der Waals surface area contributed by atoms with Gasteiger partial charge in [-0.1, -0.05) is 30.3 Å². The zero-order chi connectivity index (χ0) is 19.9. The Kier molecular flexibility index (Phi) is 6.11. The van der Waals surface area contributed by atoms with Crippen LogP contribution in [0.25, 0.3) is 0 Å². The number of nitrogens with zero attached hydrogens (tertiary/aromatic N) is 1. The van der Waals surface area contributed by atoms with Crippen LogP contribution in [0.3, 0.4) is 0 Å². The standard InChI is InChI=1S/C20H21N3O5/c1-2-27-16-10-8-15(9-11-16)21-19(25)22-17(14-6-4-3-5-7-14)12-23-18(24)13-28-20(23)26/h3-11,17H,2,12-13H2,1H3,(H2,21,22,25). The molecule has 8 heteroatoms. The Balaban J connectivity index is 1.69. The summed E-state index contributed by atoms with van der Waals surface area (Å²) in [6, 6.07) is 15.0. The first kappa shape index (κ1) is 19.2. The first-order valence-electron chi connectivity index (χ1n) is 8.89. The van der Waals surface area contributed by atoms with Crippen LogP contribution in [0, 0.1) is 0 Å². The van der Waals surface area contributed by atoms with Gasteiger partial charge in [-0.05, 0) is 36.8 Å². The Morgan fingerprint density at radius 2 is 1.86 bits per heavy atom. The van der Waals surface area contributed by atoms with E-state index in [9.17, 15) is 14.4 Å². The molecule has 0 aliphatic carbocycles. The molecule has 1 saturated heterocycles. The third-order valence-electron chi connectivity index (χ3n) is 4.14. The minimum Gasteiger partial charge on any atom is -0.494 e. The van der Waals surface area contributed by atoms with Crippen molar-refractivity contribution >= 4 is 23.7 Å². The number of benzene rings is 2. The summed E-state index contributed by atoms with van der Waals surface area (Å²) in [5.41, 5.74) is 1.35. The van der Waals surface area contributed by atoms with Gasteiger partial charge in [0.1, 0.15) is 5.75 Å². The molecule has 146 valence electrons. The molecule has 28 heavy (non-hydrogen) atoms. The third-order valence-corrected chi connectivity index (χ3v) is 4.14. The zero-order valence-electron chi connectivity index (χ0n) is 15.4. The number of cyclic esters (lactones) is 1. The molecule has 1 atom stereocenters. The second-order valence-electron chi connectivity index (χ2n) is 6.08. The number of urea groups is 1. The molecule has 3 rings (SSSR count). The van der Waals surface area contributed by atoms with Gasteiger partial charge in [0.2, 0.25) is 0 Å². The maximum atomic E-state index is 12.5. The third kappa shape index (κ3) is 4.79. The van der Waals surface area contributed by atoms with Crippen LogP contribution in [-0.4, -0.2) is 42.7 Å². The molecule has 4 amide bonds. The van der Waals surface area contributed by atoms with Crippen LogP contribution >= 0.6 is 0 Å². The van der Waals surface area contributed by atoms with Crippen molar-refractivity contribution in [1.82, 2.24) is 10.2 Å². The SMILES string of the molecule is CCOc1ccc(NC(=O)NC(CN2C(=O)COC2=O)c2ccccc2)cc1. The van der Waals surface area contributed by atoms with E-state index in [-0.39, 0.29) is 13.2 Å². The number of hydrogen-bond acceptors (Lipinski definition) is 5. The molecule has 1 aliphatic heterocycles. The lowest BCUT2D eigenvalue weighted by atomic mass is 10.1. The average Bonchev–Trinajstić information content (AvgIpc) is 3.02. The van der Waals surface area contributed by atoms with Crippen molar-refractivity contribution in [2.24, 2.45) is 0 Å². The van der Waals surface area contributed by atoms with Crippen molar-refractivity contribution in [3.05, 3.63) is 60.2 Å². The maximum Gasteiger partial charge on any atom is 0.417 e. The van der Waals surface area contributed by atoms with E-state index < -0.39 is 24.1 Å². The van der Waals surface area contributed by atoms with Crippen LogP contribution in [0.2, 0.25) is 0 Å². The Labute approximate surface area is 162 Å². The number of imide groups is 1. The number of anilines is 1. The molecular formula is C20H21N3O5. The van der Waals surface area contributed by atoms with Crippen LogP contribution in [-0.2, 0) is 9.53 Å². The van der Waals surface area contributed by atoms with Gasteiger partial charge >= 0.3 is 12.1 Å². The van der Waals surface area contributed by atoms with Crippen molar-refractivity contribution < 1.29 is 23.9 Å². The summed E-state index contributed by atoms with van der Waals surface area (Å²) in [6.45, 7) is 2.16. The maximum absolute atomic E-state index is 12.5. The minimum atomic E-state index is -0.709. The number of ether oxygens (including phenoxy) is 2. The Hall–Kier alpha value is -3.55. The summed E-state index contributed by atoms with van der Waals surface area (Å²) in [4.78, 5) is 37.1. The Bertz CT molecular complexity index is 823. The van der Waals surface area contributed by atoms with E-state index in [1.807, 2.05) is 37.3 Å². The van der Waals surface area contributed by atoms with Crippen LogP contribution < -0.4 is 15.4 Å². The first-order chi connectivity index (χ1) is 13.6. The number of carbonyl (C=O) groups excluding carboxylic acids is 3. The molecule has 1 fully saturated rings. The highest BCUT2D eigenvalue weighted by molar-refractivity contribution is 5.98. The monoisotopic (exact) mass is 383 g/mol. The van der Waals surface area contributed by atoms with Gasteiger partial charge in [-0.25, -0.2) is 14.5 Å². The minimum absolute atomic E-state index is 0.0155. The fourth-order valence-corrected chi connectivity index (χ4v) is 2.79. The normalized spacial score (nSPS) is 14.4. The smallest absolute Gasteiger partial charge is 0.417 e. The molecule has 2 N–H and O–H groups in total. The van der Waals surface area contributed by atoms with Crippen molar-refractivity contribution in [3.8, 4) is 5.75 Å². The number of nitrogens with one attached hydrogen (secondary N) is 2. The lowest BCUT2D eigenvalue weighted by Crippen LogP contribution is -2.41. The summed E-state index contributed by atoms with van der Waals surface area (Å²) in [7, 11) is 0. The predicted octanol–water partition coefficient (Wildman–Crippen LogP) is 2.93. The van der Waals surface area contributed by atoms with Gasteiger partial charge in [0.15, 0.2) is 6.61 Å². The van der Waals surface area contributed by atoms with Crippen LogP contribution in [0.5, 0.6) is 5.75 Å². The number of amides is 4. The van der Waals surface area contributed by atoms with E-state index in [0.717, 1.165) is 10.5 Å². The van der Waals surface area contributed by atoms with Crippen molar-refractivity contribution in [2.75, 3.05) is 25.1 Å². The van der Waals surface area contributed by atoms with Crippen LogP contribution in [0.1, 0.15) is 18.5 Å². The highest BCUT2D eigenvalue weighted by Crippen LogP contribution is 2.19. The van der Waals surface area contributed by atoms with Gasteiger partial charge in [0.05, 0.1) is 19.2 Å². The highest BCUT2D eigenvalue weighted by Gasteiger charge is 2.33. The summed E-state index contributed by atoms with van der Waals surface area (Å²) in [6.07, 6.45) is -0.709. The van der Waals surface area contributed by atoms with Crippen molar-refractivity contribution in [2.45, 2.75) is 13.0 Å². The van der Waals surface area contributed by atoms with E-state index in [0.29, 0.717) is 18.0 Å². The lowest BCUT2D eigenvalue weighted by molar-refractivity contribution is -0.126. The molecule has 0 aromatic heterocycles. The quantitative estimate of drug-likeness (QED) is 0.766. The number of hydrogen-bond donors (Lipinski definition) is 2. The summed E-state index contributed by atoms with van der Waals surface area (Å²) >= 11 is 0. The van der Waals surface area contributed by atoms with Gasteiger partial charge in [-0.3, -0.25) is 4.79 Å². The molecule has 2 aromatic rings. The molecule has 0 spiro atoms. The highest BCUT2D eigenvalue weighted by atomic mass is 16.6. The summed E-state index contributed by atoms with van der Waals surface area (Å²) < 4.78 is 10.1. The molecule has 1 heterocycles. The molecule has 8 nitrogen and oxygen atoms in total. The first-order valence-corrected chi connectivity index (χ1v) is 8.89. The second kappa shape index (κ2) is 8.90. The Morgan fingerprint density at radius 3 is 2.46 bits per heavy atom. The number of rotatable bonds is 7. The number of carbonyl (C=O) groups is 3. The lowest BCUT2D eigenvalue weighted by Gasteiger charge is -2.23. The summed E-state index contributed by atoms with van der Waals surface area (Å²) in [5.74, 6) is 0.279. The van der Waals surface area contributed by atoms with Gasteiger partial charge in [0.25, 0.3) is 5.91 Å². The second-order valence-corrected chi connectivity index (χ2v) is 6.08. The fraction of sp³-hybridized carbons (Fsp3) is 0.250. The molecule has 2 aromatic carbocycles. The van der Waals surface area contributed by atoms with Crippen LogP contribution in [0.4, 0.5) is 15.3 Å². The van der Waals surface area contributed by atoms with Gasteiger partial charge in [-0.15, -0.1) is 0 Å². The van der Waals surface area contributed by atoms with E-state index in [1.165, 1.54) is 0 Å². The van der Waals surface area contributed by atoms with E-state index in [4.69, 9.17) is 9.47 Å². The average molecular weight is 383 g/mol. The molecule has 1 aliphatic rings. The van der Waals surface area contributed by atoms with E-state index in [1.54, 1.807) is 24.3 Å². The van der Waals surface area contributed by atoms with Crippen molar-refractivity contribution in [1.29, 1.82) is 0 Å². The molecular weight excluding hydrogens is 362 g/mol.